The van der Waals surface area contributed by atoms with Gasteiger partial charge in [-0.05, 0) is 48.5 Å². The summed E-state index contributed by atoms with van der Waals surface area (Å²) in [5, 5.41) is 4.18. The van der Waals surface area contributed by atoms with Gasteiger partial charge in [-0.2, -0.15) is 0 Å². The second-order valence-electron chi connectivity index (χ2n) is 7.10. The zero-order chi connectivity index (χ0) is 17.9. The zero-order valence-corrected chi connectivity index (χ0v) is 16.0. The molecule has 0 aliphatic carbocycles. The first-order valence-electron chi connectivity index (χ1n) is 9.27. The molecule has 1 fully saturated rings. The summed E-state index contributed by atoms with van der Waals surface area (Å²) in [6.07, 6.45) is 1.04. The summed E-state index contributed by atoms with van der Waals surface area (Å²) in [6, 6.07) is 15.0. The predicted octanol–water partition coefficient (Wildman–Crippen LogP) is 3.44. The molecule has 0 saturated carbocycles. The van der Waals surface area contributed by atoms with Crippen LogP contribution >= 0.6 is 12.2 Å². The Labute approximate surface area is 160 Å². The Bertz CT molecular complexity index is 782. The molecule has 4 nitrogen and oxygen atoms in total. The fourth-order valence-electron chi connectivity index (χ4n) is 3.54. The van der Waals surface area contributed by atoms with Crippen LogP contribution in [0.25, 0.3) is 0 Å². The Kier molecular flexibility index (Phi) is 5.09. The van der Waals surface area contributed by atoms with Crippen LogP contribution in [0.3, 0.4) is 0 Å². The monoisotopic (exact) mass is 367 g/mol. The summed E-state index contributed by atoms with van der Waals surface area (Å²) < 4.78 is 5.60. The Morgan fingerprint density at radius 2 is 1.85 bits per heavy atom. The van der Waals surface area contributed by atoms with Crippen molar-refractivity contribution in [3.63, 3.8) is 0 Å². The quantitative estimate of drug-likeness (QED) is 0.839. The standard InChI is InChI=1S/C21H25N3OS/c1-16-2-5-19(6-3-16)22-21(26)24-11-9-23(10-12-24)15-17-4-7-20-18(14-17)8-13-25-20/h2-7,14H,8-13,15H2,1H3,(H,22,26). The first kappa shape index (κ1) is 17.3. The number of aryl methyl sites for hydroxylation is 1. The van der Waals surface area contributed by atoms with Crippen LogP contribution in [-0.4, -0.2) is 47.7 Å². The number of nitrogens with one attached hydrogen (secondary N) is 1. The number of ether oxygens (including phenoxy) is 1. The number of benzene rings is 2. The number of nitrogens with zero attached hydrogens (tertiary/aromatic N) is 2. The maximum absolute atomic E-state index is 5.60. The lowest BCUT2D eigenvalue weighted by Crippen LogP contribution is -2.49. The topological polar surface area (TPSA) is 27.7 Å². The van der Waals surface area contributed by atoms with E-state index >= 15 is 0 Å². The van der Waals surface area contributed by atoms with Crippen molar-refractivity contribution < 1.29 is 4.74 Å². The van der Waals surface area contributed by atoms with Gasteiger partial charge in [-0.25, -0.2) is 0 Å². The van der Waals surface area contributed by atoms with E-state index in [0.29, 0.717) is 0 Å². The number of piperazine rings is 1. The normalized spacial score (nSPS) is 16.9. The molecule has 4 rings (SSSR count). The molecule has 136 valence electrons. The van der Waals surface area contributed by atoms with E-state index < -0.39 is 0 Å². The van der Waals surface area contributed by atoms with Crippen LogP contribution in [0.4, 0.5) is 5.69 Å². The van der Waals surface area contributed by atoms with E-state index in [9.17, 15) is 0 Å². The highest BCUT2D eigenvalue weighted by atomic mass is 32.1. The molecule has 2 aliphatic heterocycles. The van der Waals surface area contributed by atoms with E-state index in [4.69, 9.17) is 17.0 Å². The van der Waals surface area contributed by atoms with Gasteiger partial charge in [0.05, 0.1) is 6.61 Å². The molecular weight excluding hydrogens is 342 g/mol. The smallest absolute Gasteiger partial charge is 0.173 e. The molecule has 0 radical (unpaired) electrons. The van der Waals surface area contributed by atoms with Crippen LogP contribution in [0, 0.1) is 6.92 Å². The van der Waals surface area contributed by atoms with Gasteiger partial charge < -0.3 is 15.0 Å². The average molecular weight is 368 g/mol. The van der Waals surface area contributed by atoms with E-state index in [2.05, 4.69) is 64.5 Å². The molecule has 0 aromatic heterocycles. The summed E-state index contributed by atoms with van der Waals surface area (Å²) in [7, 11) is 0. The SMILES string of the molecule is Cc1ccc(NC(=S)N2CCN(Cc3ccc4c(c3)CCO4)CC2)cc1. The van der Waals surface area contributed by atoms with E-state index in [1.54, 1.807) is 0 Å². The van der Waals surface area contributed by atoms with Crippen molar-refractivity contribution in [3.8, 4) is 5.75 Å². The Morgan fingerprint density at radius 1 is 1.08 bits per heavy atom. The van der Waals surface area contributed by atoms with Crippen molar-refractivity contribution in [3.05, 3.63) is 59.2 Å². The molecule has 2 aromatic rings. The van der Waals surface area contributed by atoms with Crippen LogP contribution in [0.1, 0.15) is 16.7 Å². The molecule has 0 amide bonds. The number of hydrogen-bond acceptors (Lipinski definition) is 3. The third kappa shape index (κ3) is 4.00. The van der Waals surface area contributed by atoms with Crippen LogP contribution < -0.4 is 10.1 Å². The third-order valence-corrected chi connectivity index (χ3v) is 5.48. The summed E-state index contributed by atoms with van der Waals surface area (Å²) >= 11 is 5.59. The van der Waals surface area contributed by atoms with Crippen LogP contribution in [0.15, 0.2) is 42.5 Å². The minimum atomic E-state index is 0.822. The first-order chi connectivity index (χ1) is 12.7. The molecule has 1 saturated heterocycles. The largest absolute Gasteiger partial charge is 0.493 e. The number of thiocarbonyl (C=S) groups is 1. The van der Waals surface area contributed by atoms with Gasteiger partial charge in [0.1, 0.15) is 5.75 Å². The van der Waals surface area contributed by atoms with Crippen LogP contribution in [0.5, 0.6) is 5.75 Å². The Balaban J connectivity index is 1.28. The molecule has 0 spiro atoms. The minimum Gasteiger partial charge on any atom is -0.493 e. The predicted molar refractivity (Wildman–Crippen MR) is 110 cm³/mol. The summed E-state index contributed by atoms with van der Waals surface area (Å²) in [6.45, 7) is 7.90. The first-order valence-corrected chi connectivity index (χ1v) is 9.68. The molecule has 1 N–H and O–H groups in total. The summed E-state index contributed by atoms with van der Waals surface area (Å²) in [5.74, 6) is 1.06. The van der Waals surface area contributed by atoms with Crippen molar-refractivity contribution in [2.75, 3.05) is 38.1 Å². The van der Waals surface area contributed by atoms with Gasteiger partial charge in [0.2, 0.25) is 0 Å². The lowest BCUT2D eigenvalue weighted by molar-refractivity contribution is 0.177. The maximum Gasteiger partial charge on any atom is 0.173 e. The highest BCUT2D eigenvalue weighted by Gasteiger charge is 2.20. The van der Waals surface area contributed by atoms with Crippen molar-refractivity contribution in [1.29, 1.82) is 0 Å². The van der Waals surface area contributed by atoms with Crippen molar-refractivity contribution in [1.82, 2.24) is 9.80 Å². The van der Waals surface area contributed by atoms with Crippen LogP contribution in [0.2, 0.25) is 0 Å². The van der Waals surface area contributed by atoms with Gasteiger partial charge in [0, 0.05) is 44.8 Å². The molecule has 26 heavy (non-hydrogen) atoms. The average Bonchev–Trinajstić information content (AvgIpc) is 3.12. The molecule has 2 aliphatic rings. The Morgan fingerprint density at radius 3 is 2.62 bits per heavy atom. The highest BCUT2D eigenvalue weighted by Crippen LogP contribution is 2.26. The minimum absolute atomic E-state index is 0.822. The highest BCUT2D eigenvalue weighted by molar-refractivity contribution is 7.80. The lowest BCUT2D eigenvalue weighted by atomic mass is 10.1. The van der Waals surface area contributed by atoms with E-state index in [1.165, 1.54) is 16.7 Å². The molecule has 0 bridgehead atoms. The molecule has 0 atom stereocenters. The van der Waals surface area contributed by atoms with Gasteiger partial charge in [0.25, 0.3) is 0 Å². The molecule has 2 aromatic carbocycles. The van der Waals surface area contributed by atoms with Crippen LogP contribution in [-0.2, 0) is 13.0 Å². The number of anilines is 1. The number of fused-ring (bicyclic) bond motifs is 1. The summed E-state index contributed by atoms with van der Waals surface area (Å²) in [4.78, 5) is 4.77. The van der Waals surface area contributed by atoms with Crippen molar-refractivity contribution >= 4 is 23.0 Å². The maximum atomic E-state index is 5.60. The van der Waals surface area contributed by atoms with E-state index in [0.717, 1.165) is 62.3 Å². The lowest BCUT2D eigenvalue weighted by Gasteiger charge is -2.36. The van der Waals surface area contributed by atoms with Crippen molar-refractivity contribution in [2.45, 2.75) is 19.9 Å². The fraction of sp³-hybridized carbons (Fsp3) is 0.381. The summed E-state index contributed by atoms with van der Waals surface area (Å²) in [5.41, 5.74) is 5.05. The molecular formula is C21H25N3OS. The Hall–Kier alpha value is -2.11. The number of hydrogen-bond donors (Lipinski definition) is 1. The van der Waals surface area contributed by atoms with E-state index in [1.807, 2.05) is 0 Å². The zero-order valence-electron chi connectivity index (χ0n) is 15.2. The second-order valence-corrected chi connectivity index (χ2v) is 7.49. The van der Waals surface area contributed by atoms with E-state index in [-0.39, 0.29) is 0 Å². The molecule has 5 heteroatoms. The van der Waals surface area contributed by atoms with Gasteiger partial charge in [0.15, 0.2) is 5.11 Å². The molecule has 2 heterocycles. The number of rotatable bonds is 3. The second kappa shape index (κ2) is 7.64. The van der Waals surface area contributed by atoms with Gasteiger partial charge >= 0.3 is 0 Å². The third-order valence-electron chi connectivity index (χ3n) is 5.12. The fourth-order valence-corrected chi connectivity index (χ4v) is 3.85. The van der Waals surface area contributed by atoms with Gasteiger partial charge in [-0.3, -0.25) is 4.90 Å². The van der Waals surface area contributed by atoms with Crippen molar-refractivity contribution in [2.24, 2.45) is 0 Å². The van der Waals surface area contributed by atoms with Gasteiger partial charge in [-0.15, -0.1) is 0 Å². The van der Waals surface area contributed by atoms with Gasteiger partial charge in [-0.1, -0.05) is 29.8 Å². The molecule has 0 unspecified atom stereocenters.